The molecule has 0 aromatic carbocycles. The van der Waals surface area contributed by atoms with Gasteiger partial charge in [-0.25, -0.2) is 4.98 Å². The van der Waals surface area contributed by atoms with E-state index in [2.05, 4.69) is 15.3 Å². The lowest BCUT2D eigenvalue weighted by atomic mass is 10.4. The summed E-state index contributed by atoms with van der Waals surface area (Å²) in [5.74, 6) is 1.06. The zero-order chi connectivity index (χ0) is 11.1. The van der Waals surface area contributed by atoms with Crippen molar-refractivity contribution in [1.82, 2.24) is 15.3 Å². The Balaban J connectivity index is 2.40. The fourth-order valence-corrected chi connectivity index (χ4v) is 1.43. The Labute approximate surface area is 92.9 Å². The summed E-state index contributed by atoms with van der Waals surface area (Å²) in [6, 6.07) is 0. The van der Waals surface area contributed by atoms with E-state index in [9.17, 15) is 4.79 Å². The van der Waals surface area contributed by atoms with Crippen LogP contribution in [0.5, 0.6) is 0 Å². The number of carbonyl (C=O) groups excluding carboxylic acids is 1. The number of nitrogens with one attached hydrogen (secondary N) is 1. The van der Waals surface area contributed by atoms with Gasteiger partial charge in [0.15, 0.2) is 0 Å². The molecule has 0 bridgehead atoms. The van der Waals surface area contributed by atoms with Crippen molar-refractivity contribution in [3.8, 4) is 0 Å². The highest BCUT2D eigenvalue weighted by Gasteiger charge is 2.06. The fourth-order valence-electron chi connectivity index (χ4n) is 0.999. The van der Waals surface area contributed by atoms with Gasteiger partial charge in [-0.05, 0) is 18.4 Å². The molecule has 0 radical (unpaired) electrons. The van der Waals surface area contributed by atoms with Gasteiger partial charge in [-0.3, -0.25) is 9.78 Å². The number of thioether (sulfide) groups is 1. The minimum Gasteiger partial charge on any atom is -0.382 e. The van der Waals surface area contributed by atoms with Crippen LogP contribution in [0.2, 0.25) is 0 Å². The third-order valence-electron chi connectivity index (χ3n) is 1.70. The first-order valence-electron chi connectivity index (χ1n) is 4.58. The molecule has 0 fully saturated rings. The maximum atomic E-state index is 11.5. The Morgan fingerprint density at radius 2 is 2.40 bits per heavy atom. The maximum Gasteiger partial charge on any atom is 0.271 e. The molecule has 1 rings (SSSR count). The predicted molar refractivity (Wildman–Crippen MR) is 61.8 cm³/mol. The van der Waals surface area contributed by atoms with Gasteiger partial charge in [-0.1, -0.05) is 0 Å². The number of nitrogen functional groups attached to an aromatic ring is 1. The summed E-state index contributed by atoms with van der Waals surface area (Å²) < 4.78 is 0. The Morgan fingerprint density at radius 1 is 1.60 bits per heavy atom. The van der Waals surface area contributed by atoms with Crippen LogP contribution in [0.15, 0.2) is 12.4 Å². The molecule has 0 aliphatic rings. The molecule has 6 heteroatoms. The van der Waals surface area contributed by atoms with Crippen LogP contribution in [-0.4, -0.2) is 34.4 Å². The Kier molecular flexibility index (Phi) is 4.89. The summed E-state index contributed by atoms with van der Waals surface area (Å²) in [5, 5.41) is 2.75. The first-order chi connectivity index (χ1) is 7.24. The van der Waals surface area contributed by atoms with Gasteiger partial charge in [0.05, 0.1) is 12.4 Å². The fraction of sp³-hybridized carbons (Fsp3) is 0.444. The van der Waals surface area contributed by atoms with Crippen molar-refractivity contribution in [2.45, 2.75) is 6.42 Å². The molecule has 15 heavy (non-hydrogen) atoms. The Hall–Kier alpha value is -1.30. The second-order valence-corrected chi connectivity index (χ2v) is 3.92. The number of anilines is 1. The first-order valence-corrected chi connectivity index (χ1v) is 5.98. The van der Waals surface area contributed by atoms with Crippen molar-refractivity contribution >= 4 is 23.5 Å². The van der Waals surface area contributed by atoms with Gasteiger partial charge in [0.25, 0.3) is 5.91 Å². The van der Waals surface area contributed by atoms with Gasteiger partial charge >= 0.3 is 0 Å². The summed E-state index contributed by atoms with van der Waals surface area (Å²) >= 11 is 1.75. The third kappa shape index (κ3) is 4.16. The zero-order valence-electron chi connectivity index (χ0n) is 8.56. The lowest BCUT2D eigenvalue weighted by Crippen LogP contribution is -2.26. The average molecular weight is 226 g/mol. The molecule has 0 saturated carbocycles. The van der Waals surface area contributed by atoms with Gasteiger partial charge in [0, 0.05) is 6.54 Å². The van der Waals surface area contributed by atoms with Crippen LogP contribution in [0, 0.1) is 0 Å². The highest BCUT2D eigenvalue weighted by atomic mass is 32.2. The molecule has 1 aromatic rings. The molecule has 1 aromatic heterocycles. The number of nitrogens with two attached hydrogens (primary N) is 1. The highest BCUT2D eigenvalue weighted by molar-refractivity contribution is 7.98. The SMILES string of the molecule is CSCCCNC(=O)c1cncc(N)n1. The summed E-state index contributed by atoms with van der Waals surface area (Å²) in [7, 11) is 0. The molecule has 1 amide bonds. The average Bonchev–Trinajstić information content (AvgIpc) is 2.24. The molecule has 0 atom stereocenters. The van der Waals surface area contributed by atoms with Crippen molar-refractivity contribution in [1.29, 1.82) is 0 Å². The monoisotopic (exact) mass is 226 g/mol. The van der Waals surface area contributed by atoms with Gasteiger partial charge in [-0.2, -0.15) is 11.8 Å². The maximum absolute atomic E-state index is 11.5. The lowest BCUT2D eigenvalue weighted by molar-refractivity contribution is 0.0948. The van der Waals surface area contributed by atoms with Crippen molar-refractivity contribution in [2.75, 3.05) is 24.3 Å². The largest absolute Gasteiger partial charge is 0.382 e. The highest BCUT2D eigenvalue weighted by Crippen LogP contribution is 1.97. The van der Waals surface area contributed by atoms with E-state index in [1.54, 1.807) is 11.8 Å². The standard InChI is InChI=1S/C9H14N4OS/c1-15-4-2-3-12-9(14)7-5-11-6-8(10)13-7/h5-6H,2-4H2,1H3,(H2,10,13)(H,12,14). The van der Waals surface area contributed by atoms with E-state index in [0.717, 1.165) is 12.2 Å². The van der Waals surface area contributed by atoms with E-state index in [1.165, 1.54) is 12.4 Å². The number of hydrogen-bond donors (Lipinski definition) is 2. The van der Waals surface area contributed by atoms with E-state index < -0.39 is 0 Å². The van der Waals surface area contributed by atoms with Crippen LogP contribution in [-0.2, 0) is 0 Å². The Bertz CT molecular complexity index is 332. The molecular weight excluding hydrogens is 212 g/mol. The molecule has 5 nitrogen and oxygen atoms in total. The molecule has 82 valence electrons. The van der Waals surface area contributed by atoms with Gasteiger partial charge in [-0.15, -0.1) is 0 Å². The van der Waals surface area contributed by atoms with Crippen LogP contribution in [0.3, 0.4) is 0 Å². The van der Waals surface area contributed by atoms with Crippen LogP contribution in [0.25, 0.3) is 0 Å². The zero-order valence-corrected chi connectivity index (χ0v) is 9.38. The molecule has 0 aliphatic carbocycles. The van der Waals surface area contributed by atoms with Crippen LogP contribution >= 0.6 is 11.8 Å². The second kappa shape index (κ2) is 6.23. The van der Waals surface area contributed by atoms with Gasteiger partial charge < -0.3 is 11.1 Å². The third-order valence-corrected chi connectivity index (χ3v) is 2.39. The summed E-state index contributed by atoms with van der Waals surface area (Å²) in [6.07, 6.45) is 5.79. The van der Waals surface area contributed by atoms with Crippen molar-refractivity contribution in [2.24, 2.45) is 0 Å². The number of nitrogens with zero attached hydrogens (tertiary/aromatic N) is 2. The molecular formula is C9H14N4OS. The Morgan fingerprint density at radius 3 is 3.07 bits per heavy atom. The normalized spacial score (nSPS) is 9.93. The second-order valence-electron chi connectivity index (χ2n) is 2.93. The number of hydrogen-bond acceptors (Lipinski definition) is 5. The van der Waals surface area contributed by atoms with Crippen LogP contribution in [0.1, 0.15) is 16.9 Å². The molecule has 1 heterocycles. The summed E-state index contributed by atoms with van der Waals surface area (Å²) in [5.41, 5.74) is 5.68. The lowest BCUT2D eigenvalue weighted by Gasteiger charge is -2.03. The van der Waals surface area contributed by atoms with E-state index in [4.69, 9.17) is 5.73 Å². The smallest absolute Gasteiger partial charge is 0.271 e. The summed E-state index contributed by atoms with van der Waals surface area (Å²) in [4.78, 5) is 19.2. The number of rotatable bonds is 5. The quantitative estimate of drug-likeness (QED) is 0.716. The molecule has 3 N–H and O–H groups in total. The number of carbonyl (C=O) groups is 1. The minimum absolute atomic E-state index is 0.226. The minimum atomic E-state index is -0.226. The molecule has 0 aliphatic heterocycles. The van der Waals surface area contributed by atoms with E-state index in [1.807, 2.05) is 6.26 Å². The first kappa shape index (κ1) is 11.8. The number of aromatic nitrogens is 2. The van der Waals surface area contributed by atoms with Gasteiger partial charge in [0.1, 0.15) is 11.5 Å². The molecule has 0 saturated heterocycles. The van der Waals surface area contributed by atoms with E-state index in [0.29, 0.717) is 6.54 Å². The van der Waals surface area contributed by atoms with Crippen molar-refractivity contribution in [3.63, 3.8) is 0 Å². The van der Waals surface area contributed by atoms with Gasteiger partial charge in [0.2, 0.25) is 0 Å². The van der Waals surface area contributed by atoms with E-state index >= 15 is 0 Å². The molecule has 0 unspecified atom stereocenters. The number of amides is 1. The summed E-state index contributed by atoms with van der Waals surface area (Å²) in [6.45, 7) is 0.649. The van der Waals surface area contributed by atoms with Crippen LogP contribution in [0.4, 0.5) is 5.82 Å². The van der Waals surface area contributed by atoms with Crippen molar-refractivity contribution in [3.05, 3.63) is 18.1 Å². The van der Waals surface area contributed by atoms with E-state index in [-0.39, 0.29) is 17.4 Å². The molecule has 0 spiro atoms. The van der Waals surface area contributed by atoms with Crippen LogP contribution < -0.4 is 11.1 Å². The topological polar surface area (TPSA) is 80.9 Å². The predicted octanol–water partition coefficient (Wildman–Crippen LogP) is 0.542. The van der Waals surface area contributed by atoms with Crippen molar-refractivity contribution < 1.29 is 4.79 Å².